The van der Waals surface area contributed by atoms with Crippen molar-refractivity contribution in [2.24, 2.45) is 11.7 Å². The van der Waals surface area contributed by atoms with E-state index in [1.807, 2.05) is 0 Å². The van der Waals surface area contributed by atoms with Crippen molar-refractivity contribution in [3.05, 3.63) is 27.7 Å². The Morgan fingerprint density at radius 3 is 2.82 bits per heavy atom. The van der Waals surface area contributed by atoms with E-state index in [0.717, 1.165) is 31.6 Å². The number of nitrogens with two attached hydrogens (primary N) is 1. The normalized spacial score (nSPS) is 21.0. The number of nitrogens with zero attached hydrogens (tertiary/aromatic N) is 1. The van der Waals surface area contributed by atoms with E-state index in [4.69, 9.17) is 28.9 Å². The van der Waals surface area contributed by atoms with Crippen LogP contribution in [0.4, 0.5) is 0 Å². The molecule has 0 saturated carbocycles. The second-order valence-corrected chi connectivity index (χ2v) is 5.27. The van der Waals surface area contributed by atoms with Gasteiger partial charge in [-0.2, -0.15) is 0 Å². The molecule has 0 unspecified atom stereocenters. The zero-order chi connectivity index (χ0) is 12.4. The molecule has 1 saturated heterocycles. The summed E-state index contributed by atoms with van der Waals surface area (Å²) in [5.74, 6) is 0.644. The fourth-order valence-electron chi connectivity index (χ4n) is 2.20. The number of likely N-dealkylation sites (tertiary alicyclic amines) is 1. The van der Waals surface area contributed by atoms with Crippen molar-refractivity contribution in [2.45, 2.75) is 13.0 Å². The van der Waals surface area contributed by atoms with Gasteiger partial charge in [0.25, 0.3) is 0 Å². The molecule has 94 valence electrons. The molecule has 1 aromatic rings. The van der Waals surface area contributed by atoms with E-state index in [-0.39, 0.29) is 5.75 Å². The fraction of sp³-hybridized carbons (Fsp3) is 0.500. The first-order chi connectivity index (χ1) is 8.11. The highest BCUT2D eigenvalue weighted by Crippen LogP contribution is 2.34. The minimum atomic E-state index is 0.0839. The zero-order valence-corrected chi connectivity index (χ0v) is 11.0. The molecule has 1 fully saturated rings. The summed E-state index contributed by atoms with van der Waals surface area (Å²) in [6, 6.07) is 3.19. The monoisotopic (exact) mass is 274 g/mol. The first-order valence-electron chi connectivity index (χ1n) is 5.70. The maximum Gasteiger partial charge on any atom is 0.134 e. The summed E-state index contributed by atoms with van der Waals surface area (Å²) in [7, 11) is 0. The smallest absolute Gasteiger partial charge is 0.134 e. The number of phenols is 1. The van der Waals surface area contributed by atoms with Crippen LogP contribution < -0.4 is 5.73 Å². The lowest BCUT2D eigenvalue weighted by Crippen LogP contribution is -2.23. The lowest BCUT2D eigenvalue weighted by atomic mass is 10.1. The van der Waals surface area contributed by atoms with Gasteiger partial charge in [0.05, 0.1) is 5.02 Å². The second-order valence-electron chi connectivity index (χ2n) is 4.48. The summed E-state index contributed by atoms with van der Waals surface area (Å²) < 4.78 is 0. The van der Waals surface area contributed by atoms with Gasteiger partial charge < -0.3 is 10.8 Å². The molecular formula is C12H16Cl2N2O. The summed E-state index contributed by atoms with van der Waals surface area (Å²) in [6.45, 7) is 3.36. The maximum atomic E-state index is 9.57. The number of hydrogen-bond acceptors (Lipinski definition) is 3. The molecule has 0 spiro atoms. The molecule has 1 atom stereocenters. The van der Waals surface area contributed by atoms with Crippen LogP contribution in [0.25, 0.3) is 0 Å². The molecule has 1 heterocycles. The molecule has 5 heteroatoms. The minimum Gasteiger partial charge on any atom is -0.506 e. The average molecular weight is 275 g/mol. The molecule has 3 N–H and O–H groups in total. The Labute approximate surface area is 111 Å². The maximum absolute atomic E-state index is 9.57. The number of halogens is 2. The number of hydrogen-bond donors (Lipinski definition) is 2. The Balaban J connectivity index is 2.11. The molecule has 0 radical (unpaired) electrons. The summed E-state index contributed by atoms with van der Waals surface area (Å²) in [4.78, 5) is 2.27. The lowest BCUT2D eigenvalue weighted by Gasteiger charge is -2.18. The van der Waals surface area contributed by atoms with E-state index in [1.54, 1.807) is 6.07 Å². The quantitative estimate of drug-likeness (QED) is 0.891. The Kier molecular flexibility index (Phi) is 4.15. The van der Waals surface area contributed by atoms with Crippen LogP contribution in [0.5, 0.6) is 5.75 Å². The van der Waals surface area contributed by atoms with Gasteiger partial charge in [-0.25, -0.2) is 0 Å². The van der Waals surface area contributed by atoms with Crippen molar-refractivity contribution in [2.75, 3.05) is 19.6 Å². The van der Waals surface area contributed by atoms with E-state index in [9.17, 15) is 5.11 Å². The van der Waals surface area contributed by atoms with Crippen LogP contribution in [0.3, 0.4) is 0 Å². The second kappa shape index (κ2) is 5.44. The summed E-state index contributed by atoms with van der Waals surface area (Å²) in [5.41, 5.74) is 6.45. The van der Waals surface area contributed by atoms with Crippen LogP contribution in [0.15, 0.2) is 12.1 Å². The third-order valence-electron chi connectivity index (χ3n) is 3.25. The molecule has 1 aliphatic heterocycles. The number of phenolic OH excluding ortho intramolecular Hbond substituents is 1. The highest BCUT2D eigenvalue weighted by Gasteiger charge is 2.23. The van der Waals surface area contributed by atoms with Crippen LogP contribution in [-0.4, -0.2) is 29.6 Å². The highest BCUT2D eigenvalue weighted by atomic mass is 35.5. The van der Waals surface area contributed by atoms with E-state index >= 15 is 0 Å². The molecule has 0 aliphatic carbocycles. The highest BCUT2D eigenvalue weighted by molar-refractivity contribution is 6.36. The van der Waals surface area contributed by atoms with Gasteiger partial charge in [-0.3, -0.25) is 4.90 Å². The summed E-state index contributed by atoms with van der Waals surface area (Å²) in [5, 5.41) is 10.5. The van der Waals surface area contributed by atoms with E-state index in [2.05, 4.69) is 4.90 Å². The Morgan fingerprint density at radius 2 is 2.18 bits per heavy atom. The van der Waals surface area contributed by atoms with Crippen molar-refractivity contribution in [3.8, 4) is 5.75 Å². The molecule has 0 amide bonds. The number of rotatable bonds is 3. The van der Waals surface area contributed by atoms with Gasteiger partial charge in [0, 0.05) is 23.7 Å². The Bertz CT molecular complexity index is 412. The molecule has 1 aliphatic rings. The van der Waals surface area contributed by atoms with Crippen molar-refractivity contribution >= 4 is 23.2 Å². The van der Waals surface area contributed by atoms with E-state index in [1.165, 1.54) is 6.07 Å². The third-order valence-corrected chi connectivity index (χ3v) is 4.03. The largest absolute Gasteiger partial charge is 0.506 e. The molecule has 17 heavy (non-hydrogen) atoms. The SMILES string of the molecule is NC[C@@H]1CCN(Cc2c(Cl)ccc(O)c2Cl)C1. The number of benzene rings is 1. The van der Waals surface area contributed by atoms with Crippen LogP contribution in [0, 0.1) is 5.92 Å². The minimum absolute atomic E-state index is 0.0839. The molecular weight excluding hydrogens is 259 g/mol. The molecule has 1 aromatic carbocycles. The van der Waals surface area contributed by atoms with Gasteiger partial charge in [0.2, 0.25) is 0 Å². The van der Waals surface area contributed by atoms with Crippen LogP contribution in [-0.2, 0) is 6.54 Å². The standard InChI is InChI=1S/C12H16Cl2N2O/c13-10-1-2-11(17)12(14)9(10)7-16-4-3-8(5-15)6-16/h1-2,8,17H,3-7,15H2/t8-/m0/s1. The summed E-state index contributed by atoms with van der Waals surface area (Å²) in [6.07, 6.45) is 1.12. The van der Waals surface area contributed by atoms with E-state index < -0.39 is 0 Å². The fourth-order valence-corrected chi connectivity index (χ4v) is 2.69. The summed E-state index contributed by atoms with van der Waals surface area (Å²) >= 11 is 12.2. The first-order valence-corrected chi connectivity index (χ1v) is 6.45. The molecule has 0 bridgehead atoms. The van der Waals surface area contributed by atoms with Crippen LogP contribution in [0.1, 0.15) is 12.0 Å². The van der Waals surface area contributed by atoms with Gasteiger partial charge in [-0.05, 0) is 37.6 Å². The van der Waals surface area contributed by atoms with Gasteiger partial charge in [0.15, 0.2) is 0 Å². The van der Waals surface area contributed by atoms with Gasteiger partial charge >= 0.3 is 0 Å². The Morgan fingerprint density at radius 1 is 1.41 bits per heavy atom. The molecule has 2 rings (SSSR count). The predicted molar refractivity (Wildman–Crippen MR) is 70.6 cm³/mol. The van der Waals surface area contributed by atoms with Gasteiger partial charge in [-0.15, -0.1) is 0 Å². The average Bonchev–Trinajstić information content (AvgIpc) is 2.77. The molecule has 3 nitrogen and oxygen atoms in total. The van der Waals surface area contributed by atoms with Crippen molar-refractivity contribution in [1.29, 1.82) is 0 Å². The predicted octanol–water partition coefficient (Wildman–Crippen LogP) is 2.48. The van der Waals surface area contributed by atoms with Crippen molar-refractivity contribution < 1.29 is 5.11 Å². The topological polar surface area (TPSA) is 49.5 Å². The lowest BCUT2D eigenvalue weighted by molar-refractivity contribution is 0.317. The van der Waals surface area contributed by atoms with Crippen molar-refractivity contribution in [3.63, 3.8) is 0 Å². The van der Waals surface area contributed by atoms with Gasteiger partial charge in [0.1, 0.15) is 5.75 Å². The number of aromatic hydroxyl groups is 1. The van der Waals surface area contributed by atoms with E-state index in [0.29, 0.717) is 22.5 Å². The van der Waals surface area contributed by atoms with Gasteiger partial charge in [-0.1, -0.05) is 23.2 Å². The van der Waals surface area contributed by atoms with Crippen molar-refractivity contribution in [1.82, 2.24) is 4.90 Å². The third kappa shape index (κ3) is 2.86. The van der Waals surface area contributed by atoms with Crippen LogP contribution in [0.2, 0.25) is 10.0 Å². The molecule has 0 aromatic heterocycles. The van der Waals surface area contributed by atoms with Crippen LogP contribution >= 0.6 is 23.2 Å². The Hall–Kier alpha value is -0.480. The first kappa shape index (κ1) is 13.0. The zero-order valence-electron chi connectivity index (χ0n) is 9.50.